The van der Waals surface area contributed by atoms with Gasteiger partial charge in [0.25, 0.3) is 0 Å². The lowest BCUT2D eigenvalue weighted by molar-refractivity contribution is -0.880. The zero-order valence-electron chi connectivity index (χ0n) is 16.0. The van der Waals surface area contributed by atoms with Crippen molar-refractivity contribution in [3.05, 3.63) is 45.6 Å². The maximum atomic E-state index is 6.01. The van der Waals surface area contributed by atoms with Crippen LogP contribution in [0.3, 0.4) is 0 Å². The molecule has 2 aromatic heterocycles. The van der Waals surface area contributed by atoms with Gasteiger partial charge in [0.15, 0.2) is 0 Å². The molecule has 0 radical (unpaired) electrons. The summed E-state index contributed by atoms with van der Waals surface area (Å²) in [5, 5.41) is 2.12. The number of hydrogen-bond donors (Lipinski definition) is 1. The van der Waals surface area contributed by atoms with Gasteiger partial charge in [-0.25, -0.2) is 9.97 Å². The van der Waals surface area contributed by atoms with E-state index in [0.717, 1.165) is 29.7 Å². The summed E-state index contributed by atoms with van der Waals surface area (Å²) in [5.74, 6) is 2.91. The Morgan fingerprint density at radius 3 is 2.71 bits per heavy atom. The van der Waals surface area contributed by atoms with E-state index in [1.54, 1.807) is 16.7 Å². The van der Waals surface area contributed by atoms with Crippen molar-refractivity contribution in [3.63, 3.8) is 0 Å². The van der Waals surface area contributed by atoms with Gasteiger partial charge in [0, 0.05) is 14.8 Å². The number of halogens is 1. The van der Waals surface area contributed by atoms with Crippen molar-refractivity contribution in [1.29, 1.82) is 0 Å². The average Bonchev–Trinajstić information content (AvgIpc) is 3.28. The van der Waals surface area contributed by atoms with Gasteiger partial charge in [0.05, 0.1) is 44.4 Å². The molecule has 1 saturated heterocycles. The zero-order chi connectivity index (χ0) is 19.1. The molecule has 1 fully saturated rings. The largest absolute Gasteiger partial charge is 0.345 e. The van der Waals surface area contributed by atoms with Gasteiger partial charge in [0.1, 0.15) is 16.5 Å². The lowest BCUT2D eigenvalue weighted by Gasteiger charge is -2.31. The predicted octanol–water partition coefficient (Wildman–Crippen LogP) is 3.46. The van der Waals surface area contributed by atoms with Crippen molar-refractivity contribution < 1.29 is 4.90 Å². The first-order valence-corrected chi connectivity index (χ1v) is 12.1. The molecule has 5 rings (SSSR count). The zero-order valence-corrected chi connectivity index (χ0v) is 18.4. The summed E-state index contributed by atoms with van der Waals surface area (Å²) in [6.07, 6.45) is 3.67. The van der Waals surface area contributed by atoms with E-state index >= 15 is 0 Å². The molecule has 1 aromatic carbocycles. The Balaban J connectivity index is 1.49. The van der Waals surface area contributed by atoms with Crippen molar-refractivity contribution in [2.75, 3.05) is 38.1 Å². The van der Waals surface area contributed by atoms with Crippen LogP contribution in [-0.4, -0.2) is 43.2 Å². The van der Waals surface area contributed by atoms with Crippen molar-refractivity contribution in [2.45, 2.75) is 29.9 Å². The van der Waals surface area contributed by atoms with Crippen LogP contribution in [0.5, 0.6) is 0 Å². The van der Waals surface area contributed by atoms with Gasteiger partial charge in [-0.3, -0.25) is 0 Å². The molecule has 2 aliphatic rings. The number of rotatable bonds is 4. The summed E-state index contributed by atoms with van der Waals surface area (Å²) in [7, 11) is 2.28. The van der Waals surface area contributed by atoms with Crippen LogP contribution in [0.2, 0.25) is 5.02 Å². The molecule has 1 aliphatic heterocycles. The van der Waals surface area contributed by atoms with Crippen molar-refractivity contribution in [1.82, 2.24) is 9.97 Å². The number of thiophene rings is 1. The minimum Gasteiger partial charge on any atom is -0.345 e. The fourth-order valence-corrected chi connectivity index (χ4v) is 6.25. The molecule has 28 heavy (non-hydrogen) atoms. The molecule has 0 bridgehead atoms. The number of piperazine rings is 1. The van der Waals surface area contributed by atoms with Crippen LogP contribution in [0, 0.1) is 0 Å². The number of anilines is 1. The van der Waals surface area contributed by atoms with Gasteiger partial charge in [-0.2, -0.15) is 0 Å². The maximum Gasteiger partial charge on any atom is 0.142 e. The third-order valence-corrected chi connectivity index (χ3v) is 8.14. The third kappa shape index (κ3) is 3.63. The quantitative estimate of drug-likeness (QED) is 0.641. The molecular formula is C21H24ClN4S2+. The molecule has 1 N–H and O–H groups in total. The van der Waals surface area contributed by atoms with Crippen LogP contribution < -0.4 is 9.80 Å². The molecule has 146 valence electrons. The normalized spacial score (nSPS) is 17.4. The molecule has 4 nitrogen and oxygen atoms in total. The van der Waals surface area contributed by atoms with E-state index in [9.17, 15) is 0 Å². The Bertz CT molecular complexity index is 994. The van der Waals surface area contributed by atoms with E-state index in [1.807, 2.05) is 23.5 Å². The fraction of sp³-hybridized carbons (Fsp3) is 0.429. The Morgan fingerprint density at radius 1 is 1.14 bits per heavy atom. The first kappa shape index (κ1) is 18.7. The van der Waals surface area contributed by atoms with E-state index in [-0.39, 0.29) is 0 Å². The van der Waals surface area contributed by atoms with E-state index in [1.165, 1.54) is 63.7 Å². The summed E-state index contributed by atoms with van der Waals surface area (Å²) in [6, 6.07) is 8.01. The summed E-state index contributed by atoms with van der Waals surface area (Å²) in [6.45, 7) is 4.50. The van der Waals surface area contributed by atoms with E-state index in [2.05, 4.69) is 24.1 Å². The number of quaternary nitrogens is 1. The van der Waals surface area contributed by atoms with Crippen molar-refractivity contribution in [3.8, 4) is 0 Å². The second-order valence-electron chi connectivity index (χ2n) is 7.69. The molecule has 3 heterocycles. The lowest BCUT2D eigenvalue weighted by Crippen LogP contribution is -3.12. The van der Waals surface area contributed by atoms with Crippen LogP contribution in [0.4, 0.5) is 5.82 Å². The molecule has 3 aromatic rings. The Kier molecular flexibility index (Phi) is 5.22. The van der Waals surface area contributed by atoms with Gasteiger partial charge in [-0.05, 0) is 49.1 Å². The summed E-state index contributed by atoms with van der Waals surface area (Å²) in [5.41, 5.74) is 1.53. The van der Waals surface area contributed by atoms with Gasteiger partial charge < -0.3 is 9.80 Å². The van der Waals surface area contributed by atoms with Crippen LogP contribution in [0.15, 0.2) is 29.2 Å². The Labute approximate surface area is 178 Å². The van der Waals surface area contributed by atoms with E-state index in [0.29, 0.717) is 0 Å². The highest BCUT2D eigenvalue weighted by Crippen LogP contribution is 2.41. The van der Waals surface area contributed by atoms with Gasteiger partial charge >= 0.3 is 0 Å². The summed E-state index contributed by atoms with van der Waals surface area (Å²) < 4.78 is 0. The average molecular weight is 432 g/mol. The SMILES string of the molecule is C[NH+]1CCN(c2nc(CSc3ccc(Cl)cc3)nc3sc4c(c23)CCC4)CC1. The first-order chi connectivity index (χ1) is 13.7. The summed E-state index contributed by atoms with van der Waals surface area (Å²) >= 11 is 9.68. The second kappa shape index (κ2) is 7.82. The topological polar surface area (TPSA) is 33.5 Å². The Hall–Kier alpha value is -1.34. The molecule has 0 atom stereocenters. The number of aromatic nitrogens is 2. The number of thioether (sulfide) groups is 1. The maximum absolute atomic E-state index is 6.01. The molecular weight excluding hydrogens is 408 g/mol. The molecule has 0 saturated carbocycles. The van der Waals surface area contributed by atoms with Crippen molar-refractivity contribution >= 4 is 50.7 Å². The molecule has 7 heteroatoms. The number of aryl methyl sites for hydroxylation is 2. The number of benzene rings is 1. The van der Waals surface area contributed by atoms with Crippen LogP contribution in [-0.2, 0) is 18.6 Å². The lowest BCUT2D eigenvalue weighted by atomic mass is 10.1. The van der Waals surface area contributed by atoms with E-state index in [4.69, 9.17) is 21.6 Å². The van der Waals surface area contributed by atoms with Crippen LogP contribution >= 0.6 is 34.7 Å². The fourth-order valence-electron chi connectivity index (χ4n) is 4.09. The number of likely N-dealkylation sites (N-methyl/N-ethyl adjacent to an activating group) is 1. The van der Waals surface area contributed by atoms with Gasteiger partial charge in [-0.15, -0.1) is 23.1 Å². The highest BCUT2D eigenvalue weighted by Gasteiger charge is 2.27. The highest BCUT2D eigenvalue weighted by molar-refractivity contribution is 7.98. The minimum atomic E-state index is 0.773. The smallest absolute Gasteiger partial charge is 0.142 e. The number of fused-ring (bicyclic) bond motifs is 3. The van der Waals surface area contributed by atoms with Crippen LogP contribution in [0.1, 0.15) is 22.7 Å². The first-order valence-electron chi connectivity index (χ1n) is 9.93. The number of nitrogens with one attached hydrogen (secondary N) is 1. The Morgan fingerprint density at radius 2 is 1.93 bits per heavy atom. The number of nitrogens with zero attached hydrogens (tertiary/aromatic N) is 3. The third-order valence-electron chi connectivity index (χ3n) is 5.69. The van der Waals surface area contributed by atoms with Gasteiger partial charge in [0.2, 0.25) is 0 Å². The molecule has 0 spiro atoms. The predicted molar refractivity (Wildman–Crippen MR) is 119 cm³/mol. The molecule has 0 amide bonds. The minimum absolute atomic E-state index is 0.773. The van der Waals surface area contributed by atoms with Gasteiger partial charge in [-0.1, -0.05) is 11.6 Å². The highest BCUT2D eigenvalue weighted by atomic mass is 35.5. The van der Waals surface area contributed by atoms with E-state index < -0.39 is 0 Å². The number of hydrogen-bond acceptors (Lipinski definition) is 5. The second-order valence-corrected chi connectivity index (χ2v) is 10.3. The molecule has 1 aliphatic carbocycles. The molecule has 0 unspecified atom stereocenters. The monoisotopic (exact) mass is 431 g/mol. The summed E-state index contributed by atoms with van der Waals surface area (Å²) in [4.78, 5) is 18.1. The van der Waals surface area contributed by atoms with Crippen LogP contribution in [0.25, 0.3) is 10.2 Å². The standard InChI is InChI=1S/C21H23ClN4S2/c1-25-9-11-26(12-10-25)20-19-16-3-2-4-17(16)28-21(19)24-18(23-20)13-27-15-7-5-14(22)6-8-15/h5-8H,2-4,9-13H2,1H3/p+1. The van der Waals surface area contributed by atoms with Crippen molar-refractivity contribution in [2.24, 2.45) is 0 Å².